The highest BCUT2D eigenvalue weighted by molar-refractivity contribution is 5.70. The number of hydrogen-bond acceptors (Lipinski definition) is 13. The maximum absolute atomic E-state index is 11.4. The second-order valence-electron chi connectivity index (χ2n) is 8.21. The Bertz CT molecular complexity index is 537. The predicted octanol–water partition coefficient (Wildman–Crippen LogP) is 1.43. The molecule has 0 rings (SSSR count). The molecule has 13 nitrogen and oxygen atoms in total. The van der Waals surface area contributed by atoms with E-state index < -0.39 is 5.97 Å². The van der Waals surface area contributed by atoms with Crippen LogP contribution in [-0.4, -0.2) is 145 Å². The first kappa shape index (κ1) is 38.6. The lowest BCUT2D eigenvalue weighted by molar-refractivity contribution is -0.146. The maximum atomic E-state index is 11.4. The van der Waals surface area contributed by atoms with Crippen molar-refractivity contribution in [3.8, 4) is 0 Å². The van der Waals surface area contributed by atoms with Crippen LogP contribution in [0.5, 0.6) is 0 Å². The standard InChI is InChI=1S/C27H52O13/c1-3-4-5-6-26(28)40-24-23-38-20-19-36-16-15-34-12-11-32-8-7-31-9-10-33-13-14-35-17-18-37-21-22-39-25-27(29)30-2/h3-25H2,1-2H3. The number of carbonyl (C=O) groups is 2. The van der Waals surface area contributed by atoms with Gasteiger partial charge in [-0.1, -0.05) is 19.8 Å². The number of rotatable bonds is 33. The highest BCUT2D eigenvalue weighted by Gasteiger charge is 2.02. The molecule has 0 radical (unpaired) electrons. The number of carbonyl (C=O) groups excluding carboxylic acids is 2. The van der Waals surface area contributed by atoms with Gasteiger partial charge in [-0.2, -0.15) is 0 Å². The van der Waals surface area contributed by atoms with Gasteiger partial charge < -0.3 is 52.1 Å². The molecule has 40 heavy (non-hydrogen) atoms. The van der Waals surface area contributed by atoms with Crippen molar-refractivity contribution in [2.45, 2.75) is 32.6 Å². The van der Waals surface area contributed by atoms with Gasteiger partial charge in [0.1, 0.15) is 13.2 Å². The van der Waals surface area contributed by atoms with E-state index in [1.54, 1.807) is 0 Å². The van der Waals surface area contributed by atoms with Gasteiger partial charge in [0, 0.05) is 6.42 Å². The van der Waals surface area contributed by atoms with E-state index in [4.69, 9.17) is 47.4 Å². The fourth-order valence-corrected chi connectivity index (χ4v) is 2.78. The van der Waals surface area contributed by atoms with Crippen LogP contribution in [0.25, 0.3) is 0 Å². The maximum Gasteiger partial charge on any atom is 0.331 e. The highest BCUT2D eigenvalue weighted by atomic mass is 16.6. The molecule has 0 aliphatic carbocycles. The van der Waals surface area contributed by atoms with Crippen LogP contribution >= 0.6 is 0 Å². The molecule has 0 aromatic carbocycles. The van der Waals surface area contributed by atoms with Gasteiger partial charge in [0.05, 0.1) is 119 Å². The van der Waals surface area contributed by atoms with Crippen molar-refractivity contribution in [3.63, 3.8) is 0 Å². The minimum absolute atomic E-state index is 0.0716. The number of ether oxygens (including phenoxy) is 11. The fourth-order valence-electron chi connectivity index (χ4n) is 2.78. The second kappa shape index (κ2) is 33.8. The molecule has 0 bridgehead atoms. The zero-order valence-corrected chi connectivity index (χ0v) is 24.6. The first-order valence-corrected chi connectivity index (χ1v) is 14.1. The molecular weight excluding hydrogens is 532 g/mol. The third kappa shape index (κ3) is 32.8. The summed E-state index contributed by atoms with van der Waals surface area (Å²) in [5.74, 6) is -0.572. The average molecular weight is 585 g/mol. The summed E-state index contributed by atoms with van der Waals surface area (Å²) in [7, 11) is 1.31. The summed E-state index contributed by atoms with van der Waals surface area (Å²) in [6, 6.07) is 0. The minimum Gasteiger partial charge on any atom is -0.467 e. The summed E-state index contributed by atoms with van der Waals surface area (Å²) in [5.41, 5.74) is 0. The monoisotopic (exact) mass is 584 g/mol. The van der Waals surface area contributed by atoms with E-state index in [0.717, 1.165) is 19.3 Å². The van der Waals surface area contributed by atoms with Crippen LogP contribution < -0.4 is 0 Å². The Balaban J connectivity index is 3.08. The number of methoxy groups -OCH3 is 1. The summed E-state index contributed by atoms with van der Waals surface area (Å²) in [6.45, 7) is 10.0. The van der Waals surface area contributed by atoms with Crippen LogP contribution in [0.15, 0.2) is 0 Å². The molecule has 0 heterocycles. The quantitative estimate of drug-likeness (QED) is 0.0813. The fraction of sp³-hybridized carbons (Fsp3) is 0.926. The van der Waals surface area contributed by atoms with E-state index in [2.05, 4.69) is 11.7 Å². The van der Waals surface area contributed by atoms with E-state index in [9.17, 15) is 9.59 Å². The molecule has 0 aromatic heterocycles. The van der Waals surface area contributed by atoms with Crippen LogP contribution in [0.1, 0.15) is 32.6 Å². The summed E-state index contributed by atoms with van der Waals surface area (Å²) in [4.78, 5) is 22.3. The Morgan fingerprint density at radius 1 is 0.425 bits per heavy atom. The largest absolute Gasteiger partial charge is 0.467 e. The topological polar surface area (TPSA) is 136 Å². The van der Waals surface area contributed by atoms with E-state index in [0.29, 0.717) is 119 Å². The Morgan fingerprint density at radius 3 is 1.07 bits per heavy atom. The Morgan fingerprint density at radius 2 is 0.750 bits per heavy atom. The smallest absolute Gasteiger partial charge is 0.331 e. The van der Waals surface area contributed by atoms with Gasteiger partial charge in [-0.25, -0.2) is 4.79 Å². The number of esters is 2. The van der Waals surface area contributed by atoms with Crippen LogP contribution in [0.2, 0.25) is 0 Å². The average Bonchev–Trinajstić information content (AvgIpc) is 2.96. The molecule has 13 heteroatoms. The van der Waals surface area contributed by atoms with Gasteiger partial charge in [-0.3, -0.25) is 4.79 Å². The van der Waals surface area contributed by atoms with E-state index in [-0.39, 0.29) is 19.2 Å². The lowest BCUT2D eigenvalue weighted by Gasteiger charge is -2.09. The van der Waals surface area contributed by atoms with Gasteiger partial charge in [-0.05, 0) is 6.42 Å². The lowest BCUT2D eigenvalue weighted by atomic mass is 10.2. The van der Waals surface area contributed by atoms with Gasteiger partial charge in [0.15, 0.2) is 0 Å². The molecule has 0 fully saturated rings. The Kier molecular flexibility index (Phi) is 32.6. The van der Waals surface area contributed by atoms with Gasteiger partial charge in [0.25, 0.3) is 0 Å². The molecular formula is C27H52O13. The minimum atomic E-state index is -0.409. The molecule has 0 saturated carbocycles. The molecule has 0 saturated heterocycles. The molecule has 238 valence electrons. The first-order valence-electron chi connectivity index (χ1n) is 14.1. The van der Waals surface area contributed by atoms with E-state index >= 15 is 0 Å². The third-order valence-corrected chi connectivity index (χ3v) is 4.90. The second-order valence-corrected chi connectivity index (χ2v) is 8.21. The van der Waals surface area contributed by atoms with Crippen LogP contribution in [0, 0.1) is 0 Å². The summed E-state index contributed by atoms with van der Waals surface area (Å²) in [5, 5.41) is 0. The van der Waals surface area contributed by atoms with Crippen molar-refractivity contribution in [3.05, 3.63) is 0 Å². The molecule has 0 amide bonds. The molecule has 0 atom stereocenters. The van der Waals surface area contributed by atoms with Gasteiger partial charge in [0.2, 0.25) is 0 Å². The SMILES string of the molecule is CCCCCC(=O)OCCOCCOCCOCCOCCOCCOCCOCCOCCOCC(=O)OC. The van der Waals surface area contributed by atoms with Gasteiger partial charge in [-0.15, -0.1) is 0 Å². The van der Waals surface area contributed by atoms with Crippen molar-refractivity contribution in [1.29, 1.82) is 0 Å². The van der Waals surface area contributed by atoms with Crippen LogP contribution in [-0.2, 0) is 61.7 Å². The summed E-state index contributed by atoms with van der Waals surface area (Å²) in [6.07, 6.45) is 3.48. The van der Waals surface area contributed by atoms with Crippen molar-refractivity contribution < 1.29 is 61.7 Å². The van der Waals surface area contributed by atoms with Crippen LogP contribution in [0.3, 0.4) is 0 Å². The molecule has 0 aliphatic heterocycles. The highest BCUT2D eigenvalue weighted by Crippen LogP contribution is 2.00. The predicted molar refractivity (Wildman–Crippen MR) is 144 cm³/mol. The zero-order valence-electron chi connectivity index (χ0n) is 24.6. The Labute approximate surface area is 239 Å². The summed E-state index contributed by atoms with van der Waals surface area (Å²) >= 11 is 0. The van der Waals surface area contributed by atoms with Crippen molar-refractivity contribution in [2.24, 2.45) is 0 Å². The third-order valence-electron chi connectivity index (χ3n) is 4.90. The molecule has 0 unspecified atom stereocenters. The van der Waals surface area contributed by atoms with Gasteiger partial charge >= 0.3 is 11.9 Å². The first-order chi connectivity index (χ1) is 19.7. The summed E-state index contributed by atoms with van der Waals surface area (Å²) < 4.78 is 57.8. The van der Waals surface area contributed by atoms with Crippen molar-refractivity contribution in [1.82, 2.24) is 0 Å². The zero-order chi connectivity index (χ0) is 29.2. The van der Waals surface area contributed by atoms with E-state index in [1.165, 1.54) is 7.11 Å². The normalized spacial score (nSPS) is 11.2. The van der Waals surface area contributed by atoms with Crippen LogP contribution in [0.4, 0.5) is 0 Å². The van der Waals surface area contributed by atoms with E-state index in [1.807, 2.05) is 0 Å². The molecule has 0 aliphatic rings. The number of hydrogen-bond donors (Lipinski definition) is 0. The van der Waals surface area contributed by atoms with Crippen molar-refractivity contribution >= 4 is 11.9 Å². The lowest BCUT2D eigenvalue weighted by Crippen LogP contribution is -2.16. The molecule has 0 aromatic rings. The molecule has 0 N–H and O–H groups in total. The molecule has 0 spiro atoms. The van der Waals surface area contributed by atoms with Crippen molar-refractivity contribution in [2.75, 3.05) is 133 Å². The number of unbranched alkanes of at least 4 members (excludes halogenated alkanes) is 2. The Hall–Kier alpha value is -1.42.